The fourth-order valence-corrected chi connectivity index (χ4v) is 3.11. The Morgan fingerprint density at radius 3 is 2.39 bits per heavy atom. The number of fused-ring (bicyclic) bond motifs is 1. The molecule has 0 saturated heterocycles. The minimum absolute atomic E-state index is 0.111. The van der Waals surface area contributed by atoms with E-state index in [4.69, 9.17) is 9.84 Å². The average molecular weight is 382 g/mol. The summed E-state index contributed by atoms with van der Waals surface area (Å²) in [5.41, 5.74) is 3.48. The maximum atomic E-state index is 12.1. The zero-order valence-electron chi connectivity index (χ0n) is 15.4. The van der Waals surface area contributed by atoms with Gasteiger partial charge < -0.3 is 20.5 Å². The van der Waals surface area contributed by atoms with Crippen LogP contribution in [0.15, 0.2) is 42.5 Å². The van der Waals surface area contributed by atoms with E-state index in [1.807, 2.05) is 12.1 Å². The first-order valence-corrected chi connectivity index (χ1v) is 9.16. The molecular formula is C21H22N2O5. The smallest absolute Gasteiger partial charge is 0.322 e. The Bertz CT molecular complexity index is 877. The van der Waals surface area contributed by atoms with Crippen LogP contribution < -0.4 is 15.4 Å². The monoisotopic (exact) mass is 382 g/mol. The van der Waals surface area contributed by atoms with Crippen LogP contribution in [-0.4, -0.2) is 36.0 Å². The molecule has 2 amide bonds. The number of aliphatic carboxylic acids is 1. The molecule has 0 aliphatic heterocycles. The predicted octanol–water partition coefficient (Wildman–Crippen LogP) is 2.40. The van der Waals surface area contributed by atoms with Gasteiger partial charge in [-0.3, -0.25) is 14.4 Å². The summed E-state index contributed by atoms with van der Waals surface area (Å²) >= 11 is 0. The van der Waals surface area contributed by atoms with Crippen LogP contribution in [0, 0.1) is 0 Å². The molecule has 0 radical (unpaired) electrons. The molecular weight excluding hydrogens is 360 g/mol. The molecule has 2 aromatic rings. The number of benzene rings is 2. The average Bonchev–Trinajstić information content (AvgIpc) is 2.71. The van der Waals surface area contributed by atoms with Gasteiger partial charge in [0.25, 0.3) is 11.8 Å². The second kappa shape index (κ2) is 9.03. The highest BCUT2D eigenvalue weighted by Gasteiger charge is 2.11. The predicted molar refractivity (Wildman–Crippen MR) is 104 cm³/mol. The van der Waals surface area contributed by atoms with E-state index in [0.29, 0.717) is 17.0 Å². The number of carbonyl (C=O) groups is 3. The van der Waals surface area contributed by atoms with Crippen molar-refractivity contribution in [1.82, 2.24) is 5.32 Å². The van der Waals surface area contributed by atoms with Crippen molar-refractivity contribution in [3.05, 3.63) is 59.2 Å². The molecule has 7 nitrogen and oxygen atoms in total. The molecule has 3 N–H and O–H groups in total. The Labute approximate surface area is 162 Å². The van der Waals surface area contributed by atoms with Gasteiger partial charge in [0, 0.05) is 11.3 Å². The number of hydrogen-bond donors (Lipinski definition) is 3. The third-order valence-corrected chi connectivity index (χ3v) is 4.52. The van der Waals surface area contributed by atoms with Gasteiger partial charge in [-0.05, 0) is 73.2 Å². The van der Waals surface area contributed by atoms with Crippen molar-refractivity contribution in [3.63, 3.8) is 0 Å². The van der Waals surface area contributed by atoms with Crippen LogP contribution in [0.25, 0.3) is 0 Å². The minimum Gasteiger partial charge on any atom is -0.484 e. The number of amides is 2. The highest BCUT2D eigenvalue weighted by atomic mass is 16.5. The molecule has 0 heterocycles. The van der Waals surface area contributed by atoms with Gasteiger partial charge in [-0.1, -0.05) is 6.07 Å². The van der Waals surface area contributed by atoms with Gasteiger partial charge in [0.2, 0.25) is 0 Å². The lowest BCUT2D eigenvalue weighted by molar-refractivity contribution is -0.135. The molecule has 0 aromatic heterocycles. The summed E-state index contributed by atoms with van der Waals surface area (Å²) in [6.07, 6.45) is 4.54. The highest BCUT2D eigenvalue weighted by Crippen LogP contribution is 2.25. The van der Waals surface area contributed by atoms with E-state index < -0.39 is 18.4 Å². The van der Waals surface area contributed by atoms with Crippen molar-refractivity contribution >= 4 is 23.5 Å². The van der Waals surface area contributed by atoms with Gasteiger partial charge in [-0.25, -0.2) is 0 Å². The number of aryl methyl sites for hydroxylation is 2. The summed E-state index contributed by atoms with van der Waals surface area (Å²) in [6.45, 7) is -0.559. The zero-order valence-corrected chi connectivity index (χ0v) is 15.4. The Balaban J connectivity index is 1.49. The van der Waals surface area contributed by atoms with E-state index in [2.05, 4.69) is 16.7 Å². The van der Waals surface area contributed by atoms with Gasteiger partial charge in [-0.15, -0.1) is 0 Å². The molecule has 28 heavy (non-hydrogen) atoms. The van der Waals surface area contributed by atoms with Crippen LogP contribution in [-0.2, 0) is 22.4 Å². The SMILES string of the molecule is O=C(O)CNC(=O)c1ccc(NC(=O)COc2ccc3c(c2)CCCC3)cc1. The Kier molecular flexibility index (Phi) is 6.26. The summed E-state index contributed by atoms with van der Waals surface area (Å²) in [4.78, 5) is 34.3. The third kappa shape index (κ3) is 5.33. The molecule has 146 valence electrons. The fraction of sp³-hybridized carbons (Fsp3) is 0.286. The lowest BCUT2D eigenvalue weighted by atomic mass is 9.92. The van der Waals surface area contributed by atoms with Crippen molar-refractivity contribution in [1.29, 1.82) is 0 Å². The van der Waals surface area contributed by atoms with E-state index in [0.717, 1.165) is 12.8 Å². The fourth-order valence-electron chi connectivity index (χ4n) is 3.11. The molecule has 0 fully saturated rings. The van der Waals surface area contributed by atoms with E-state index >= 15 is 0 Å². The van der Waals surface area contributed by atoms with Crippen molar-refractivity contribution in [3.8, 4) is 5.75 Å². The highest BCUT2D eigenvalue weighted by molar-refractivity contribution is 5.97. The summed E-state index contributed by atoms with van der Waals surface area (Å²) < 4.78 is 5.59. The first-order valence-electron chi connectivity index (χ1n) is 9.16. The van der Waals surface area contributed by atoms with Crippen molar-refractivity contribution in [2.24, 2.45) is 0 Å². The molecule has 0 atom stereocenters. The van der Waals surface area contributed by atoms with Crippen LogP contribution in [0.1, 0.15) is 34.3 Å². The first kappa shape index (κ1) is 19.4. The summed E-state index contributed by atoms with van der Waals surface area (Å²) in [7, 11) is 0. The van der Waals surface area contributed by atoms with Crippen LogP contribution in [0.4, 0.5) is 5.69 Å². The maximum absolute atomic E-state index is 12.1. The number of rotatable bonds is 7. The molecule has 0 spiro atoms. The van der Waals surface area contributed by atoms with Crippen LogP contribution >= 0.6 is 0 Å². The first-order chi connectivity index (χ1) is 13.5. The summed E-state index contributed by atoms with van der Waals surface area (Å²) in [5.74, 6) is -1.23. The molecule has 2 aromatic carbocycles. The van der Waals surface area contributed by atoms with Gasteiger partial charge in [0.05, 0.1) is 0 Å². The second-order valence-corrected chi connectivity index (χ2v) is 6.63. The van der Waals surface area contributed by atoms with Crippen LogP contribution in [0.3, 0.4) is 0 Å². The summed E-state index contributed by atoms with van der Waals surface area (Å²) in [6, 6.07) is 12.1. The molecule has 3 rings (SSSR count). The topological polar surface area (TPSA) is 105 Å². The van der Waals surface area contributed by atoms with Crippen LogP contribution in [0.2, 0.25) is 0 Å². The largest absolute Gasteiger partial charge is 0.484 e. The number of ether oxygens (including phenoxy) is 1. The lowest BCUT2D eigenvalue weighted by Crippen LogP contribution is -2.29. The Morgan fingerprint density at radius 2 is 1.68 bits per heavy atom. The Hall–Kier alpha value is -3.35. The number of anilines is 1. The molecule has 1 aliphatic carbocycles. The van der Waals surface area contributed by atoms with E-state index in [1.165, 1.54) is 36.1 Å². The quantitative estimate of drug-likeness (QED) is 0.682. The number of nitrogens with one attached hydrogen (secondary N) is 2. The normalized spacial score (nSPS) is 12.6. The number of carboxylic acid groups (broad SMARTS) is 1. The minimum atomic E-state index is -1.11. The number of carboxylic acids is 1. The van der Waals surface area contributed by atoms with Crippen molar-refractivity contribution in [2.75, 3.05) is 18.5 Å². The van der Waals surface area contributed by atoms with Crippen molar-refractivity contribution in [2.45, 2.75) is 25.7 Å². The molecule has 0 saturated carbocycles. The molecule has 0 unspecified atom stereocenters. The lowest BCUT2D eigenvalue weighted by Gasteiger charge is -2.16. The van der Waals surface area contributed by atoms with E-state index in [-0.39, 0.29) is 12.5 Å². The van der Waals surface area contributed by atoms with Gasteiger partial charge in [0.1, 0.15) is 12.3 Å². The molecule has 7 heteroatoms. The standard InChI is InChI=1S/C21H22N2O5/c24-19(13-28-18-10-7-14-3-1-2-4-16(14)11-18)23-17-8-5-15(6-9-17)21(27)22-12-20(25)26/h5-11H,1-4,12-13H2,(H,22,27)(H,23,24)(H,25,26). The Morgan fingerprint density at radius 1 is 0.964 bits per heavy atom. The number of hydrogen-bond acceptors (Lipinski definition) is 4. The van der Waals surface area contributed by atoms with E-state index in [1.54, 1.807) is 12.1 Å². The van der Waals surface area contributed by atoms with Gasteiger partial charge in [-0.2, -0.15) is 0 Å². The van der Waals surface area contributed by atoms with Gasteiger partial charge >= 0.3 is 5.97 Å². The van der Waals surface area contributed by atoms with Gasteiger partial charge in [0.15, 0.2) is 6.61 Å². The third-order valence-electron chi connectivity index (χ3n) is 4.52. The van der Waals surface area contributed by atoms with E-state index in [9.17, 15) is 14.4 Å². The second-order valence-electron chi connectivity index (χ2n) is 6.63. The molecule has 1 aliphatic rings. The summed E-state index contributed by atoms with van der Waals surface area (Å²) in [5, 5.41) is 13.5. The zero-order chi connectivity index (χ0) is 19.9. The molecule has 0 bridgehead atoms. The van der Waals surface area contributed by atoms with Crippen molar-refractivity contribution < 1.29 is 24.2 Å². The maximum Gasteiger partial charge on any atom is 0.322 e. The number of carbonyl (C=O) groups excluding carboxylic acids is 2. The van der Waals surface area contributed by atoms with Crippen LogP contribution in [0.5, 0.6) is 5.75 Å².